The minimum Gasteiger partial charge on any atom is -0.381 e. The topological polar surface area (TPSA) is 64.3 Å². The Labute approximate surface area is 128 Å². The van der Waals surface area contributed by atoms with Gasteiger partial charge in [-0.25, -0.2) is 0 Å². The standard InChI is InChI=1S/C16H17ClN2O2/c1-21-10-12-4-2-3-11(7-12)9-19-13-5-6-15(17)14(8-13)16(18)20/h2-8,19H,9-10H2,1H3,(H2,18,20). The van der Waals surface area contributed by atoms with E-state index < -0.39 is 5.91 Å². The van der Waals surface area contributed by atoms with Gasteiger partial charge in [0.15, 0.2) is 0 Å². The maximum Gasteiger partial charge on any atom is 0.250 e. The number of carbonyl (C=O) groups excluding carboxylic acids is 1. The summed E-state index contributed by atoms with van der Waals surface area (Å²) in [6.45, 7) is 1.22. The third-order valence-corrected chi connectivity index (χ3v) is 3.36. The van der Waals surface area contributed by atoms with E-state index in [0.717, 1.165) is 16.8 Å². The third kappa shape index (κ3) is 4.21. The lowest BCUT2D eigenvalue weighted by Gasteiger charge is -2.10. The largest absolute Gasteiger partial charge is 0.381 e. The van der Waals surface area contributed by atoms with Gasteiger partial charge in [-0.1, -0.05) is 35.9 Å². The Morgan fingerprint density at radius 3 is 2.71 bits per heavy atom. The van der Waals surface area contributed by atoms with E-state index in [4.69, 9.17) is 22.1 Å². The number of anilines is 1. The molecule has 2 aromatic carbocycles. The van der Waals surface area contributed by atoms with Gasteiger partial charge in [0.2, 0.25) is 5.91 Å². The minimum atomic E-state index is -0.536. The number of hydrogen-bond donors (Lipinski definition) is 2. The Morgan fingerprint density at radius 2 is 2.00 bits per heavy atom. The predicted octanol–water partition coefficient (Wildman–Crippen LogP) is 3.20. The van der Waals surface area contributed by atoms with Crippen LogP contribution in [0.2, 0.25) is 5.02 Å². The van der Waals surface area contributed by atoms with Crippen LogP contribution in [-0.2, 0) is 17.9 Å². The van der Waals surface area contributed by atoms with E-state index >= 15 is 0 Å². The van der Waals surface area contributed by atoms with Gasteiger partial charge >= 0.3 is 0 Å². The lowest BCUT2D eigenvalue weighted by Crippen LogP contribution is -2.12. The summed E-state index contributed by atoms with van der Waals surface area (Å²) < 4.78 is 5.11. The molecule has 0 spiro atoms. The van der Waals surface area contributed by atoms with Crippen LogP contribution < -0.4 is 11.1 Å². The van der Waals surface area contributed by atoms with E-state index in [2.05, 4.69) is 11.4 Å². The van der Waals surface area contributed by atoms with Crippen molar-refractivity contribution in [2.45, 2.75) is 13.2 Å². The van der Waals surface area contributed by atoms with Gasteiger partial charge < -0.3 is 15.8 Å². The van der Waals surface area contributed by atoms with Crippen LogP contribution in [-0.4, -0.2) is 13.0 Å². The Morgan fingerprint density at radius 1 is 1.24 bits per heavy atom. The quantitative estimate of drug-likeness (QED) is 0.861. The minimum absolute atomic E-state index is 0.315. The summed E-state index contributed by atoms with van der Waals surface area (Å²) >= 11 is 5.92. The smallest absolute Gasteiger partial charge is 0.250 e. The average molecular weight is 305 g/mol. The molecule has 4 nitrogen and oxygen atoms in total. The molecule has 0 saturated heterocycles. The molecule has 0 aliphatic carbocycles. The van der Waals surface area contributed by atoms with E-state index in [1.165, 1.54) is 0 Å². The molecule has 110 valence electrons. The van der Waals surface area contributed by atoms with Crippen LogP contribution >= 0.6 is 11.6 Å². The van der Waals surface area contributed by atoms with E-state index in [-0.39, 0.29) is 0 Å². The van der Waals surface area contributed by atoms with Gasteiger partial charge in [0.1, 0.15) is 0 Å². The molecule has 0 unspecified atom stereocenters. The highest BCUT2D eigenvalue weighted by atomic mass is 35.5. The summed E-state index contributed by atoms with van der Waals surface area (Å²) in [5.41, 5.74) is 8.63. The van der Waals surface area contributed by atoms with Gasteiger partial charge in [-0.05, 0) is 29.3 Å². The first-order chi connectivity index (χ1) is 10.1. The van der Waals surface area contributed by atoms with E-state index in [9.17, 15) is 4.79 Å². The molecule has 0 fully saturated rings. The highest BCUT2D eigenvalue weighted by molar-refractivity contribution is 6.33. The van der Waals surface area contributed by atoms with Crippen LogP contribution in [0, 0.1) is 0 Å². The van der Waals surface area contributed by atoms with Crippen molar-refractivity contribution in [3.63, 3.8) is 0 Å². The SMILES string of the molecule is COCc1cccc(CNc2ccc(Cl)c(C(N)=O)c2)c1. The van der Waals surface area contributed by atoms with Gasteiger partial charge in [0.25, 0.3) is 0 Å². The molecule has 5 heteroatoms. The van der Waals surface area contributed by atoms with Crippen LogP contribution in [0.5, 0.6) is 0 Å². The van der Waals surface area contributed by atoms with Crippen molar-refractivity contribution >= 4 is 23.2 Å². The normalized spacial score (nSPS) is 10.4. The Hall–Kier alpha value is -2.04. The second-order valence-electron chi connectivity index (χ2n) is 4.67. The molecule has 2 rings (SSSR count). The molecule has 0 aliphatic rings. The van der Waals surface area contributed by atoms with Crippen LogP contribution in [0.1, 0.15) is 21.5 Å². The zero-order valence-corrected chi connectivity index (χ0v) is 12.5. The molecule has 21 heavy (non-hydrogen) atoms. The fourth-order valence-corrected chi connectivity index (χ4v) is 2.23. The Kier molecular flexibility index (Phi) is 5.20. The summed E-state index contributed by atoms with van der Waals surface area (Å²) in [5, 5.41) is 3.60. The van der Waals surface area contributed by atoms with Gasteiger partial charge in [-0.2, -0.15) is 0 Å². The van der Waals surface area contributed by atoms with Gasteiger partial charge in [-0.15, -0.1) is 0 Å². The number of hydrogen-bond acceptors (Lipinski definition) is 3. The fourth-order valence-electron chi connectivity index (χ4n) is 2.02. The molecular weight excluding hydrogens is 288 g/mol. The number of nitrogens with one attached hydrogen (secondary N) is 1. The maximum atomic E-state index is 11.3. The number of rotatable bonds is 6. The molecule has 0 bridgehead atoms. The summed E-state index contributed by atoms with van der Waals surface area (Å²) in [6.07, 6.45) is 0. The van der Waals surface area contributed by atoms with Crippen LogP contribution in [0.25, 0.3) is 0 Å². The van der Waals surface area contributed by atoms with E-state index in [0.29, 0.717) is 23.7 Å². The maximum absolute atomic E-state index is 11.3. The van der Waals surface area contributed by atoms with Crippen molar-refractivity contribution in [3.05, 3.63) is 64.2 Å². The molecule has 0 saturated carbocycles. The lowest BCUT2D eigenvalue weighted by atomic mass is 10.1. The van der Waals surface area contributed by atoms with Crippen LogP contribution in [0.3, 0.4) is 0 Å². The summed E-state index contributed by atoms with van der Waals surface area (Å²) in [4.78, 5) is 11.3. The van der Waals surface area contributed by atoms with Crippen LogP contribution in [0.15, 0.2) is 42.5 Å². The number of primary amides is 1. The molecular formula is C16H17ClN2O2. The summed E-state index contributed by atoms with van der Waals surface area (Å²) in [5.74, 6) is -0.536. The number of nitrogens with two attached hydrogens (primary N) is 1. The van der Waals surface area contributed by atoms with E-state index in [1.807, 2.05) is 24.3 Å². The molecule has 0 heterocycles. The molecule has 0 aromatic heterocycles. The number of ether oxygens (including phenoxy) is 1. The van der Waals surface area contributed by atoms with Crippen molar-refractivity contribution in [2.75, 3.05) is 12.4 Å². The van der Waals surface area contributed by atoms with Crippen molar-refractivity contribution in [3.8, 4) is 0 Å². The monoisotopic (exact) mass is 304 g/mol. The number of halogens is 1. The van der Waals surface area contributed by atoms with Gasteiger partial charge in [0.05, 0.1) is 17.2 Å². The molecule has 0 aliphatic heterocycles. The van der Waals surface area contributed by atoms with E-state index in [1.54, 1.807) is 19.2 Å². The Bertz CT molecular complexity index is 644. The molecule has 3 N–H and O–H groups in total. The Balaban J connectivity index is 2.07. The first kappa shape index (κ1) is 15.4. The van der Waals surface area contributed by atoms with Crippen molar-refractivity contribution in [1.82, 2.24) is 0 Å². The van der Waals surface area contributed by atoms with Gasteiger partial charge in [-0.3, -0.25) is 4.79 Å². The zero-order chi connectivity index (χ0) is 15.2. The molecule has 2 aromatic rings. The van der Waals surface area contributed by atoms with Crippen molar-refractivity contribution < 1.29 is 9.53 Å². The van der Waals surface area contributed by atoms with Crippen LogP contribution in [0.4, 0.5) is 5.69 Å². The second kappa shape index (κ2) is 7.11. The number of carbonyl (C=O) groups is 1. The first-order valence-electron chi connectivity index (χ1n) is 6.50. The predicted molar refractivity (Wildman–Crippen MR) is 84.5 cm³/mol. The zero-order valence-electron chi connectivity index (χ0n) is 11.7. The fraction of sp³-hybridized carbons (Fsp3) is 0.188. The molecule has 0 radical (unpaired) electrons. The second-order valence-corrected chi connectivity index (χ2v) is 5.07. The van der Waals surface area contributed by atoms with Gasteiger partial charge in [0, 0.05) is 19.3 Å². The van der Waals surface area contributed by atoms with Crippen molar-refractivity contribution in [1.29, 1.82) is 0 Å². The third-order valence-electron chi connectivity index (χ3n) is 3.03. The summed E-state index contributed by atoms with van der Waals surface area (Å²) in [6, 6.07) is 13.2. The highest BCUT2D eigenvalue weighted by Crippen LogP contribution is 2.20. The summed E-state index contributed by atoms with van der Waals surface area (Å²) in [7, 11) is 1.67. The van der Waals surface area contributed by atoms with Crippen molar-refractivity contribution in [2.24, 2.45) is 5.73 Å². The number of methoxy groups -OCH3 is 1. The first-order valence-corrected chi connectivity index (χ1v) is 6.88. The lowest BCUT2D eigenvalue weighted by molar-refractivity contribution is 0.100. The highest BCUT2D eigenvalue weighted by Gasteiger charge is 2.07. The molecule has 0 atom stereocenters. The number of benzene rings is 2. The number of amides is 1. The molecule has 1 amide bonds. The average Bonchev–Trinajstić information content (AvgIpc) is 2.47.